The number of nitro benzene ring substituents is 1. The zero-order valence-electron chi connectivity index (χ0n) is 16.7. The van der Waals surface area contributed by atoms with Gasteiger partial charge in [0.25, 0.3) is 21.6 Å². The van der Waals surface area contributed by atoms with Gasteiger partial charge in [-0.3, -0.25) is 19.6 Å². The number of hydrogen-bond donors (Lipinski definition) is 2. The summed E-state index contributed by atoms with van der Waals surface area (Å²) in [5.41, 5.74) is 0.986. The number of nitrogens with zero attached hydrogens (tertiary/aromatic N) is 1. The summed E-state index contributed by atoms with van der Waals surface area (Å²) < 4.78 is 33.1. The van der Waals surface area contributed by atoms with Gasteiger partial charge in [0.15, 0.2) is 6.61 Å². The molecule has 0 fully saturated rings. The van der Waals surface area contributed by atoms with E-state index in [0.29, 0.717) is 22.0 Å². The van der Waals surface area contributed by atoms with Gasteiger partial charge in [-0.25, -0.2) is 8.42 Å². The molecule has 0 saturated carbocycles. The molecule has 3 aromatic carbocycles. The molecule has 9 nitrogen and oxygen atoms in total. The predicted octanol–water partition coefficient (Wildman–Crippen LogP) is 4.37. The Labute approximate surface area is 189 Å². The SMILES string of the molecule is Cc1cc(S(=O)(=O)Nc2ccc(Cl)cc2)ccc1OCC(=O)Nc1cccc([N+](=O)[O-])c1. The Morgan fingerprint density at radius 1 is 1.06 bits per heavy atom. The lowest BCUT2D eigenvalue weighted by Gasteiger charge is -2.12. The minimum absolute atomic E-state index is 0.0262. The van der Waals surface area contributed by atoms with Crippen LogP contribution in [0.4, 0.5) is 17.1 Å². The van der Waals surface area contributed by atoms with Gasteiger partial charge in [-0.2, -0.15) is 0 Å². The molecule has 0 radical (unpaired) electrons. The number of rotatable bonds is 8. The second-order valence-electron chi connectivity index (χ2n) is 6.68. The van der Waals surface area contributed by atoms with Crippen LogP contribution in [0.15, 0.2) is 71.6 Å². The van der Waals surface area contributed by atoms with Crippen molar-refractivity contribution < 1.29 is 22.9 Å². The van der Waals surface area contributed by atoms with Gasteiger partial charge in [-0.1, -0.05) is 17.7 Å². The number of benzene rings is 3. The van der Waals surface area contributed by atoms with E-state index in [1.165, 1.54) is 42.5 Å². The van der Waals surface area contributed by atoms with Crippen molar-refractivity contribution in [2.24, 2.45) is 0 Å². The number of nitrogens with one attached hydrogen (secondary N) is 2. The van der Waals surface area contributed by atoms with E-state index in [4.69, 9.17) is 16.3 Å². The summed E-state index contributed by atoms with van der Waals surface area (Å²) in [7, 11) is -3.83. The number of ether oxygens (including phenoxy) is 1. The van der Waals surface area contributed by atoms with Crippen LogP contribution < -0.4 is 14.8 Å². The number of amides is 1. The van der Waals surface area contributed by atoms with E-state index in [-0.39, 0.29) is 22.9 Å². The first-order chi connectivity index (χ1) is 15.1. The lowest BCUT2D eigenvalue weighted by Crippen LogP contribution is -2.20. The van der Waals surface area contributed by atoms with Crippen LogP contribution in [0, 0.1) is 17.0 Å². The van der Waals surface area contributed by atoms with Gasteiger partial charge in [-0.05, 0) is 61.0 Å². The van der Waals surface area contributed by atoms with E-state index < -0.39 is 20.9 Å². The quantitative estimate of drug-likeness (QED) is 0.367. The monoisotopic (exact) mass is 475 g/mol. The Hall–Kier alpha value is -3.63. The van der Waals surface area contributed by atoms with Gasteiger partial charge >= 0.3 is 0 Å². The van der Waals surface area contributed by atoms with Crippen molar-refractivity contribution in [1.82, 2.24) is 0 Å². The van der Waals surface area contributed by atoms with Crippen LogP contribution in [0.3, 0.4) is 0 Å². The molecule has 166 valence electrons. The first-order valence-electron chi connectivity index (χ1n) is 9.20. The molecule has 0 heterocycles. The fourth-order valence-electron chi connectivity index (χ4n) is 2.72. The molecular formula is C21H18ClN3O6S. The van der Waals surface area contributed by atoms with Gasteiger partial charge in [-0.15, -0.1) is 0 Å². The number of halogens is 1. The van der Waals surface area contributed by atoms with Crippen LogP contribution >= 0.6 is 11.6 Å². The molecule has 1 amide bonds. The number of sulfonamides is 1. The van der Waals surface area contributed by atoms with E-state index in [1.54, 1.807) is 31.2 Å². The van der Waals surface area contributed by atoms with Crippen molar-refractivity contribution in [2.45, 2.75) is 11.8 Å². The predicted molar refractivity (Wildman–Crippen MR) is 121 cm³/mol. The van der Waals surface area contributed by atoms with E-state index in [1.807, 2.05) is 0 Å². The molecular weight excluding hydrogens is 458 g/mol. The molecule has 0 atom stereocenters. The summed E-state index contributed by atoms with van der Waals surface area (Å²) in [5, 5.41) is 13.8. The molecule has 0 spiro atoms. The minimum atomic E-state index is -3.83. The number of hydrogen-bond acceptors (Lipinski definition) is 6. The van der Waals surface area contributed by atoms with Gasteiger partial charge in [0.05, 0.1) is 9.82 Å². The topological polar surface area (TPSA) is 128 Å². The zero-order chi connectivity index (χ0) is 23.3. The largest absolute Gasteiger partial charge is 0.483 e. The number of nitro groups is 1. The van der Waals surface area contributed by atoms with Crippen molar-refractivity contribution in [2.75, 3.05) is 16.6 Å². The maximum Gasteiger partial charge on any atom is 0.271 e. The van der Waals surface area contributed by atoms with Crippen LogP contribution in [-0.4, -0.2) is 25.9 Å². The zero-order valence-corrected chi connectivity index (χ0v) is 18.3. The molecule has 0 aliphatic rings. The minimum Gasteiger partial charge on any atom is -0.483 e. The first-order valence-corrected chi connectivity index (χ1v) is 11.1. The van der Waals surface area contributed by atoms with Crippen molar-refractivity contribution in [3.05, 3.63) is 87.4 Å². The fourth-order valence-corrected chi connectivity index (χ4v) is 3.99. The van der Waals surface area contributed by atoms with Gasteiger partial charge in [0.1, 0.15) is 5.75 Å². The molecule has 0 aromatic heterocycles. The maximum absolute atomic E-state index is 12.6. The Morgan fingerprint density at radius 2 is 1.78 bits per heavy atom. The second-order valence-corrected chi connectivity index (χ2v) is 8.80. The average molecular weight is 476 g/mol. The average Bonchev–Trinajstić information content (AvgIpc) is 2.74. The van der Waals surface area contributed by atoms with Crippen molar-refractivity contribution >= 4 is 44.6 Å². The molecule has 2 N–H and O–H groups in total. The van der Waals surface area contributed by atoms with Crippen LogP contribution in [0.5, 0.6) is 5.75 Å². The normalized spacial score (nSPS) is 10.9. The first kappa shape index (κ1) is 23.0. The van der Waals surface area contributed by atoms with Crippen LogP contribution in [0.25, 0.3) is 0 Å². The molecule has 0 aliphatic carbocycles. The molecule has 0 unspecified atom stereocenters. The molecule has 0 aliphatic heterocycles. The molecule has 0 bridgehead atoms. The fraction of sp³-hybridized carbons (Fsp3) is 0.0952. The highest BCUT2D eigenvalue weighted by molar-refractivity contribution is 7.92. The summed E-state index contributed by atoms with van der Waals surface area (Å²) in [6.07, 6.45) is 0. The van der Waals surface area contributed by atoms with Crippen LogP contribution in [0.2, 0.25) is 5.02 Å². The second kappa shape index (κ2) is 9.67. The van der Waals surface area contributed by atoms with E-state index in [0.717, 1.165) is 0 Å². The Balaban J connectivity index is 1.63. The number of carbonyl (C=O) groups is 1. The maximum atomic E-state index is 12.6. The van der Waals surface area contributed by atoms with E-state index in [2.05, 4.69) is 10.0 Å². The highest BCUT2D eigenvalue weighted by atomic mass is 35.5. The van der Waals surface area contributed by atoms with Gasteiger partial charge in [0.2, 0.25) is 0 Å². The van der Waals surface area contributed by atoms with Gasteiger partial charge < -0.3 is 10.1 Å². The highest BCUT2D eigenvalue weighted by Gasteiger charge is 2.16. The van der Waals surface area contributed by atoms with Crippen molar-refractivity contribution in [1.29, 1.82) is 0 Å². The lowest BCUT2D eigenvalue weighted by molar-refractivity contribution is -0.384. The van der Waals surface area contributed by atoms with E-state index in [9.17, 15) is 23.3 Å². The lowest BCUT2D eigenvalue weighted by atomic mass is 10.2. The Bertz CT molecular complexity index is 1260. The number of non-ortho nitro benzene ring substituents is 1. The number of carbonyl (C=O) groups excluding carboxylic acids is 1. The molecule has 0 saturated heterocycles. The molecule has 3 aromatic rings. The third-order valence-electron chi connectivity index (χ3n) is 4.25. The number of aryl methyl sites for hydroxylation is 1. The van der Waals surface area contributed by atoms with Crippen molar-refractivity contribution in [3.8, 4) is 5.75 Å². The summed E-state index contributed by atoms with van der Waals surface area (Å²) in [5.74, 6) is -0.198. The van der Waals surface area contributed by atoms with Crippen LogP contribution in [-0.2, 0) is 14.8 Å². The molecule has 3 rings (SSSR count). The van der Waals surface area contributed by atoms with E-state index >= 15 is 0 Å². The third-order valence-corrected chi connectivity index (χ3v) is 5.88. The van der Waals surface area contributed by atoms with Crippen LogP contribution in [0.1, 0.15) is 5.56 Å². The third kappa shape index (κ3) is 5.96. The summed E-state index contributed by atoms with van der Waals surface area (Å²) in [6.45, 7) is 1.29. The standard InChI is InChI=1S/C21H18ClN3O6S/c1-14-11-19(32(29,30)24-16-7-5-15(22)6-8-16)9-10-20(14)31-13-21(26)23-17-3-2-4-18(12-17)25(27)28/h2-12,24H,13H2,1H3,(H,23,26). The smallest absolute Gasteiger partial charge is 0.271 e. The summed E-state index contributed by atoms with van der Waals surface area (Å²) in [4.78, 5) is 22.4. The van der Waals surface area contributed by atoms with Crippen molar-refractivity contribution in [3.63, 3.8) is 0 Å². The summed E-state index contributed by atoms with van der Waals surface area (Å²) >= 11 is 5.81. The highest BCUT2D eigenvalue weighted by Crippen LogP contribution is 2.24. The Morgan fingerprint density at radius 3 is 2.44 bits per heavy atom. The molecule has 32 heavy (non-hydrogen) atoms. The summed E-state index contributed by atoms with van der Waals surface area (Å²) in [6, 6.07) is 16.0. The Kier molecular flexibility index (Phi) is 6.96. The van der Waals surface area contributed by atoms with Gasteiger partial charge in [0, 0.05) is 28.5 Å². The number of anilines is 2. The molecule has 11 heteroatoms.